The average molecular weight is 434 g/mol. The lowest BCUT2D eigenvalue weighted by Gasteiger charge is -2.12. The fraction of sp³-hybridized carbons (Fsp3) is 0.0741. The first-order valence-corrected chi connectivity index (χ1v) is 10.6. The van der Waals surface area contributed by atoms with Gasteiger partial charge in [0.15, 0.2) is 0 Å². The third kappa shape index (κ3) is 4.19. The molecule has 5 rings (SSSR count). The van der Waals surface area contributed by atoms with Crippen molar-refractivity contribution < 1.29 is 9.21 Å². The Hall–Kier alpha value is -4.45. The van der Waals surface area contributed by atoms with Gasteiger partial charge in [0.1, 0.15) is 0 Å². The molecule has 6 nitrogen and oxygen atoms in total. The van der Waals surface area contributed by atoms with E-state index in [1.165, 1.54) is 0 Å². The molecule has 0 aliphatic carbocycles. The van der Waals surface area contributed by atoms with Gasteiger partial charge in [-0.15, -0.1) is 0 Å². The Morgan fingerprint density at radius 3 is 2.33 bits per heavy atom. The van der Waals surface area contributed by atoms with Crippen LogP contribution >= 0.6 is 0 Å². The number of rotatable bonds is 5. The SMILES string of the molecule is Cc1cccc(C)c1NC(=O)c1ccc(Nc2nc(-c3ccoc3)c3ccccc3n2)cc1. The Bertz CT molecular complexity index is 1420. The van der Waals surface area contributed by atoms with Crippen molar-refractivity contribution >= 4 is 34.1 Å². The van der Waals surface area contributed by atoms with E-state index in [1.54, 1.807) is 24.7 Å². The van der Waals surface area contributed by atoms with Crippen molar-refractivity contribution in [1.82, 2.24) is 9.97 Å². The van der Waals surface area contributed by atoms with Gasteiger partial charge in [0.2, 0.25) is 5.95 Å². The van der Waals surface area contributed by atoms with E-state index in [0.29, 0.717) is 11.5 Å². The quantitative estimate of drug-likeness (QED) is 0.330. The number of hydrogen-bond donors (Lipinski definition) is 2. The summed E-state index contributed by atoms with van der Waals surface area (Å²) >= 11 is 0. The molecule has 162 valence electrons. The molecule has 0 bridgehead atoms. The first kappa shape index (κ1) is 20.5. The second-order valence-electron chi connectivity index (χ2n) is 7.85. The summed E-state index contributed by atoms with van der Waals surface area (Å²) in [6.07, 6.45) is 3.30. The fourth-order valence-corrected chi connectivity index (χ4v) is 3.78. The van der Waals surface area contributed by atoms with E-state index < -0.39 is 0 Å². The highest BCUT2D eigenvalue weighted by Crippen LogP contribution is 2.28. The molecule has 2 N–H and O–H groups in total. The molecule has 0 unspecified atom stereocenters. The van der Waals surface area contributed by atoms with Crippen molar-refractivity contribution in [3.8, 4) is 11.3 Å². The highest BCUT2D eigenvalue weighted by Gasteiger charge is 2.12. The van der Waals surface area contributed by atoms with Gasteiger partial charge in [-0.25, -0.2) is 9.97 Å². The third-order valence-corrected chi connectivity index (χ3v) is 5.52. The van der Waals surface area contributed by atoms with Crippen LogP contribution in [0, 0.1) is 13.8 Å². The summed E-state index contributed by atoms with van der Waals surface area (Å²) in [4.78, 5) is 22.1. The predicted octanol–water partition coefficient (Wildman–Crippen LogP) is 6.50. The number of nitrogens with zero attached hydrogens (tertiary/aromatic N) is 2. The largest absolute Gasteiger partial charge is 0.472 e. The van der Waals surface area contributed by atoms with Crippen LogP contribution in [0.25, 0.3) is 22.2 Å². The minimum absolute atomic E-state index is 0.150. The molecule has 0 atom stereocenters. The Kier molecular flexibility index (Phi) is 5.32. The van der Waals surface area contributed by atoms with E-state index in [2.05, 4.69) is 15.6 Å². The van der Waals surface area contributed by atoms with E-state index in [-0.39, 0.29) is 5.91 Å². The topological polar surface area (TPSA) is 80.0 Å². The summed E-state index contributed by atoms with van der Waals surface area (Å²) in [5, 5.41) is 7.21. The van der Waals surface area contributed by atoms with Crippen molar-refractivity contribution in [1.29, 1.82) is 0 Å². The van der Waals surface area contributed by atoms with Gasteiger partial charge in [0.05, 0.1) is 23.7 Å². The van der Waals surface area contributed by atoms with Crippen LogP contribution in [-0.2, 0) is 0 Å². The number of aromatic nitrogens is 2. The van der Waals surface area contributed by atoms with Crippen molar-refractivity contribution in [2.24, 2.45) is 0 Å². The number of anilines is 3. The van der Waals surface area contributed by atoms with E-state index >= 15 is 0 Å². The molecule has 0 saturated heterocycles. The zero-order valence-electron chi connectivity index (χ0n) is 18.3. The molecule has 0 fully saturated rings. The highest BCUT2D eigenvalue weighted by atomic mass is 16.3. The van der Waals surface area contributed by atoms with Crippen molar-refractivity contribution in [2.75, 3.05) is 10.6 Å². The number of carbonyl (C=O) groups is 1. The summed E-state index contributed by atoms with van der Waals surface area (Å²) in [5.41, 5.74) is 6.77. The monoisotopic (exact) mass is 434 g/mol. The number of furan rings is 1. The molecular formula is C27H22N4O2. The summed E-state index contributed by atoms with van der Waals surface area (Å²) in [6.45, 7) is 3.97. The van der Waals surface area contributed by atoms with Crippen LogP contribution in [0.2, 0.25) is 0 Å². The fourth-order valence-electron chi connectivity index (χ4n) is 3.78. The number of hydrogen-bond acceptors (Lipinski definition) is 5. The Morgan fingerprint density at radius 1 is 0.848 bits per heavy atom. The lowest BCUT2D eigenvalue weighted by molar-refractivity contribution is 0.102. The zero-order valence-corrected chi connectivity index (χ0v) is 18.3. The maximum absolute atomic E-state index is 12.7. The van der Waals surface area contributed by atoms with Crippen LogP contribution in [0.5, 0.6) is 0 Å². The predicted molar refractivity (Wildman–Crippen MR) is 131 cm³/mol. The van der Waals surface area contributed by atoms with Gasteiger partial charge in [-0.1, -0.05) is 36.4 Å². The summed E-state index contributed by atoms with van der Waals surface area (Å²) in [7, 11) is 0. The second-order valence-corrected chi connectivity index (χ2v) is 7.85. The molecule has 33 heavy (non-hydrogen) atoms. The summed E-state index contributed by atoms with van der Waals surface area (Å²) < 4.78 is 5.25. The zero-order chi connectivity index (χ0) is 22.8. The maximum Gasteiger partial charge on any atom is 0.255 e. The van der Waals surface area contributed by atoms with E-state index in [0.717, 1.165) is 44.7 Å². The van der Waals surface area contributed by atoms with Gasteiger partial charge in [-0.2, -0.15) is 0 Å². The van der Waals surface area contributed by atoms with E-state index in [1.807, 2.05) is 74.5 Å². The smallest absolute Gasteiger partial charge is 0.255 e. The van der Waals surface area contributed by atoms with Gasteiger partial charge >= 0.3 is 0 Å². The number of benzene rings is 3. The maximum atomic E-state index is 12.7. The van der Waals surface area contributed by atoms with E-state index in [9.17, 15) is 4.79 Å². The first-order chi connectivity index (χ1) is 16.1. The Balaban J connectivity index is 1.39. The van der Waals surface area contributed by atoms with Crippen molar-refractivity contribution in [3.63, 3.8) is 0 Å². The standard InChI is InChI=1S/C27H22N4O2/c1-17-6-5-7-18(2)24(17)30-26(32)19-10-12-21(13-11-19)28-27-29-23-9-4-3-8-22(23)25(31-27)20-14-15-33-16-20/h3-16H,1-2H3,(H,30,32)(H,28,29,31). The Morgan fingerprint density at radius 2 is 1.61 bits per heavy atom. The molecule has 6 heteroatoms. The number of fused-ring (bicyclic) bond motifs is 1. The van der Waals surface area contributed by atoms with Gasteiger partial charge in [-0.3, -0.25) is 4.79 Å². The van der Waals surface area contributed by atoms with Crippen molar-refractivity contribution in [2.45, 2.75) is 13.8 Å². The van der Waals surface area contributed by atoms with Crippen molar-refractivity contribution in [3.05, 3.63) is 102 Å². The van der Waals surface area contributed by atoms with Crippen LogP contribution in [0.3, 0.4) is 0 Å². The van der Waals surface area contributed by atoms with Gasteiger partial charge < -0.3 is 15.1 Å². The molecule has 0 aliphatic heterocycles. The molecule has 2 heterocycles. The molecule has 0 spiro atoms. The van der Waals surface area contributed by atoms with Crippen LogP contribution in [-0.4, -0.2) is 15.9 Å². The lowest BCUT2D eigenvalue weighted by atomic mass is 10.1. The molecule has 2 aromatic heterocycles. The average Bonchev–Trinajstić information content (AvgIpc) is 3.36. The number of nitrogens with one attached hydrogen (secondary N) is 2. The number of para-hydroxylation sites is 2. The van der Waals surface area contributed by atoms with Crippen LogP contribution in [0.1, 0.15) is 21.5 Å². The Labute approximate surface area is 191 Å². The molecular weight excluding hydrogens is 412 g/mol. The second kappa shape index (κ2) is 8.59. The molecule has 1 amide bonds. The minimum Gasteiger partial charge on any atom is -0.472 e. The third-order valence-electron chi connectivity index (χ3n) is 5.52. The van der Waals surface area contributed by atoms with Crippen LogP contribution in [0.4, 0.5) is 17.3 Å². The molecule has 5 aromatic rings. The highest BCUT2D eigenvalue weighted by molar-refractivity contribution is 6.05. The van der Waals surface area contributed by atoms with Crippen LogP contribution < -0.4 is 10.6 Å². The van der Waals surface area contributed by atoms with Gasteiger partial charge in [0.25, 0.3) is 5.91 Å². The molecule has 3 aromatic carbocycles. The molecule has 0 radical (unpaired) electrons. The lowest BCUT2D eigenvalue weighted by Crippen LogP contribution is -2.13. The number of carbonyl (C=O) groups excluding carboxylic acids is 1. The number of aryl methyl sites for hydroxylation is 2. The first-order valence-electron chi connectivity index (χ1n) is 10.6. The van der Waals surface area contributed by atoms with Gasteiger partial charge in [-0.05, 0) is 61.4 Å². The van der Waals surface area contributed by atoms with Gasteiger partial charge in [0, 0.05) is 27.9 Å². The molecule has 0 saturated carbocycles. The summed E-state index contributed by atoms with van der Waals surface area (Å²) in [5.74, 6) is 0.320. The number of amides is 1. The molecule has 0 aliphatic rings. The van der Waals surface area contributed by atoms with E-state index in [4.69, 9.17) is 9.40 Å². The minimum atomic E-state index is -0.150. The summed E-state index contributed by atoms with van der Waals surface area (Å²) in [6, 6.07) is 22.9. The normalized spacial score (nSPS) is 10.8. The van der Waals surface area contributed by atoms with Crippen LogP contribution in [0.15, 0.2) is 89.7 Å².